The molecule has 33 heavy (non-hydrogen) atoms. The first kappa shape index (κ1) is 20.9. The fraction of sp³-hybridized carbons (Fsp3) is 0.222. The van der Waals surface area contributed by atoms with E-state index in [0.717, 1.165) is 38.9 Å². The number of amides is 1. The summed E-state index contributed by atoms with van der Waals surface area (Å²) in [5.74, 6) is 0.413. The van der Waals surface area contributed by atoms with Crippen molar-refractivity contribution in [1.29, 1.82) is 0 Å². The van der Waals surface area contributed by atoms with Gasteiger partial charge in [0, 0.05) is 40.0 Å². The Bertz CT molecular complexity index is 1370. The van der Waals surface area contributed by atoms with Crippen molar-refractivity contribution in [3.63, 3.8) is 0 Å². The van der Waals surface area contributed by atoms with Gasteiger partial charge in [-0.25, -0.2) is 4.98 Å². The number of rotatable bonds is 4. The van der Waals surface area contributed by atoms with Crippen LogP contribution in [0.25, 0.3) is 16.5 Å². The Labute approximate surface area is 192 Å². The number of anilines is 1. The molecule has 5 rings (SSSR count). The predicted molar refractivity (Wildman–Crippen MR) is 130 cm³/mol. The summed E-state index contributed by atoms with van der Waals surface area (Å²) in [6.07, 6.45) is 4.17. The molecule has 0 fully saturated rings. The minimum atomic E-state index is -0.126. The SMILES string of the molecule is CC/C(C(=O)Nc1ccccc1)=C1\c2cc3cnn(C(C)C)c3cc2COc2ncccc21. The third-order valence-electron chi connectivity index (χ3n) is 5.94. The van der Waals surface area contributed by atoms with Crippen molar-refractivity contribution in [3.8, 4) is 5.88 Å². The summed E-state index contributed by atoms with van der Waals surface area (Å²) in [5.41, 5.74) is 6.19. The van der Waals surface area contributed by atoms with Crippen LogP contribution in [0.3, 0.4) is 0 Å². The standard InChI is InChI=1S/C27H26N4O2/c1-4-21(26(32)30-20-9-6-5-7-10-20)25-22-11-8-12-28-27(22)33-16-19-14-24-18(13-23(19)25)15-29-31(24)17(2)3/h5-15,17H,4,16H2,1-3H3,(H,30,32)/b25-21+. The molecular weight excluding hydrogens is 412 g/mol. The van der Waals surface area contributed by atoms with Crippen LogP contribution in [0.1, 0.15) is 49.9 Å². The van der Waals surface area contributed by atoms with E-state index < -0.39 is 0 Å². The minimum Gasteiger partial charge on any atom is -0.472 e. The molecule has 2 aromatic heterocycles. The smallest absolute Gasteiger partial charge is 0.252 e. The minimum absolute atomic E-state index is 0.126. The summed E-state index contributed by atoms with van der Waals surface area (Å²) >= 11 is 0. The second-order valence-corrected chi connectivity index (χ2v) is 8.42. The van der Waals surface area contributed by atoms with Crippen LogP contribution in [0.5, 0.6) is 5.88 Å². The number of para-hydroxylation sites is 1. The average molecular weight is 439 g/mol. The molecule has 1 aliphatic heterocycles. The molecule has 0 saturated heterocycles. The van der Waals surface area contributed by atoms with E-state index in [-0.39, 0.29) is 11.9 Å². The van der Waals surface area contributed by atoms with Crippen LogP contribution in [-0.4, -0.2) is 20.7 Å². The molecule has 0 unspecified atom stereocenters. The third kappa shape index (κ3) is 3.78. The van der Waals surface area contributed by atoms with Crippen LogP contribution in [-0.2, 0) is 11.4 Å². The second kappa shape index (κ2) is 8.54. The van der Waals surface area contributed by atoms with Crippen molar-refractivity contribution in [2.75, 3.05) is 5.32 Å². The number of fused-ring (bicyclic) bond motifs is 3. The zero-order valence-electron chi connectivity index (χ0n) is 19.0. The summed E-state index contributed by atoms with van der Waals surface area (Å²) in [4.78, 5) is 18.0. The Morgan fingerprint density at radius 1 is 1.12 bits per heavy atom. The molecule has 0 aliphatic carbocycles. The lowest BCUT2D eigenvalue weighted by Gasteiger charge is -2.17. The number of carbonyl (C=O) groups excluding carboxylic acids is 1. The maximum Gasteiger partial charge on any atom is 0.252 e. The number of ether oxygens (including phenoxy) is 1. The monoisotopic (exact) mass is 438 g/mol. The molecular formula is C27H26N4O2. The van der Waals surface area contributed by atoms with Gasteiger partial charge in [-0.15, -0.1) is 0 Å². The first-order chi connectivity index (χ1) is 16.1. The van der Waals surface area contributed by atoms with Gasteiger partial charge in [0.25, 0.3) is 5.91 Å². The van der Waals surface area contributed by atoms with Gasteiger partial charge in [-0.05, 0) is 67.8 Å². The van der Waals surface area contributed by atoms with E-state index in [2.05, 4.69) is 41.4 Å². The molecule has 0 atom stereocenters. The zero-order chi connectivity index (χ0) is 22.9. The molecule has 4 aromatic rings. The molecule has 0 saturated carbocycles. The average Bonchev–Trinajstić information content (AvgIpc) is 3.17. The topological polar surface area (TPSA) is 69.0 Å². The van der Waals surface area contributed by atoms with Crippen molar-refractivity contribution < 1.29 is 9.53 Å². The number of nitrogens with one attached hydrogen (secondary N) is 1. The van der Waals surface area contributed by atoms with Crippen LogP contribution in [0.2, 0.25) is 0 Å². The lowest BCUT2D eigenvalue weighted by Crippen LogP contribution is -2.16. The van der Waals surface area contributed by atoms with E-state index in [1.165, 1.54) is 0 Å². The molecule has 6 heteroatoms. The highest BCUT2D eigenvalue weighted by Crippen LogP contribution is 2.40. The highest BCUT2D eigenvalue weighted by molar-refractivity contribution is 6.12. The zero-order valence-corrected chi connectivity index (χ0v) is 19.0. The lowest BCUT2D eigenvalue weighted by atomic mass is 9.89. The van der Waals surface area contributed by atoms with Crippen LogP contribution in [0.15, 0.2) is 72.6 Å². The number of hydrogen-bond acceptors (Lipinski definition) is 4. The first-order valence-electron chi connectivity index (χ1n) is 11.2. The molecule has 166 valence electrons. The van der Waals surface area contributed by atoms with E-state index >= 15 is 0 Å². The Hall–Kier alpha value is -3.93. The largest absolute Gasteiger partial charge is 0.472 e. The Morgan fingerprint density at radius 2 is 1.94 bits per heavy atom. The van der Waals surface area contributed by atoms with E-state index in [4.69, 9.17) is 4.74 Å². The van der Waals surface area contributed by atoms with Crippen LogP contribution in [0.4, 0.5) is 5.69 Å². The maximum absolute atomic E-state index is 13.5. The quantitative estimate of drug-likeness (QED) is 0.412. The number of nitrogens with zero attached hydrogens (tertiary/aromatic N) is 3. The Morgan fingerprint density at radius 3 is 2.70 bits per heavy atom. The summed E-state index contributed by atoms with van der Waals surface area (Å²) in [5, 5.41) is 8.67. The number of hydrogen-bond donors (Lipinski definition) is 1. The highest BCUT2D eigenvalue weighted by atomic mass is 16.5. The number of benzene rings is 2. The van der Waals surface area contributed by atoms with Crippen LogP contribution < -0.4 is 10.1 Å². The summed E-state index contributed by atoms with van der Waals surface area (Å²) in [6, 6.07) is 17.9. The van der Waals surface area contributed by atoms with Gasteiger partial charge in [-0.2, -0.15) is 5.10 Å². The van der Waals surface area contributed by atoms with Crippen LogP contribution in [0, 0.1) is 0 Å². The molecule has 1 aliphatic rings. The molecule has 1 amide bonds. The molecule has 0 spiro atoms. The van der Waals surface area contributed by atoms with Crippen molar-refractivity contribution in [2.24, 2.45) is 0 Å². The number of carbonyl (C=O) groups is 1. The molecule has 1 N–H and O–H groups in total. The van der Waals surface area contributed by atoms with Gasteiger partial charge >= 0.3 is 0 Å². The normalized spacial score (nSPS) is 14.3. The number of aromatic nitrogens is 3. The number of pyridine rings is 1. The van der Waals surface area contributed by atoms with Crippen molar-refractivity contribution in [2.45, 2.75) is 39.8 Å². The first-order valence-corrected chi connectivity index (χ1v) is 11.2. The predicted octanol–water partition coefficient (Wildman–Crippen LogP) is 5.76. The van der Waals surface area contributed by atoms with E-state index in [0.29, 0.717) is 24.5 Å². The fourth-order valence-electron chi connectivity index (χ4n) is 4.39. The maximum atomic E-state index is 13.5. The van der Waals surface area contributed by atoms with Gasteiger partial charge in [0.15, 0.2) is 0 Å². The van der Waals surface area contributed by atoms with E-state index in [1.807, 2.05) is 60.3 Å². The summed E-state index contributed by atoms with van der Waals surface area (Å²) in [6.45, 7) is 6.61. The molecule has 0 bridgehead atoms. The Balaban J connectivity index is 1.74. The van der Waals surface area contributed by atoms with Gasteiger partial charge < -0.3 is 10.1 Å². The van der Waals surface area contributed by atoms with Gasteiger partial charge in [-0.1, -0.05) is 25.1 Å². The van der Waals surface area contributed by atoms with Crippen molar-refractivity contribution in [3.05, 3.63) is 89.3 Å². The summed E-state index contributed by atoms with van der Waals surface area (Å²) in [7, 11) is 0. The fourth-order valence-corrected chi connectivity index (χ4v) is 4.39. The van der Waals surface area contributed by atoms with Gasteiger partial charge in [-0.3, -0.25) is 9.48 Å². The van der Waals surface area contributed by atoms with Crippen molar-refractivity contribution >= 4 is 28.1 Å². The third-order valence-corrected chi connectivity index (χ3v) is 5.94. The van der Waals surface area contributed by atoms with Crippen molar-refractivity contribution in [1.82, 2.24) is 14.8 Å². The van der Waals surface area contributed by atoms with Crippen LogP contribution >= 0.6 is 0 Å². The van der Waals surface area contributed by atoms with Gasteiger partial charge in [0.05, 0.1) is 11.7 Å². The van der Waals surface area contributed by atoms with Gasteiger partial charge in [0.1, 0.15) is 6.61 Å². The molecule has 3 heterocycles. The Kier molecular flexibility index (Phi) is 5.42. The summed E-state index contributed by atoms with van der Waals surface area (Å²) < 4.78 is 8.13. The van der Waals surface area contributed by atoms with Gasteiger partial charge in [0.2, 0.25) is 5.88 Å². The second-order valence-electron chi connectivity index (χ2n) is 8.42. The molecule has 0 radical (unpaired) electrons. The molecule has 2 aromatic carbocycles. The van der Waals surface area contributed by atoms with E-state index in [1.54, 1.807) is 6.20 Å². The molecule has 6 nitrogen and oxygen atoms in total. The highest BCUT2D eigenvalue weighted by Gasteiger charge is 2.26. The van der Waals surface area contributed by atoms with E-state index in [9.17, 15) is 4.79 Å². The lowest BCUT2D eigenvalue weighted by molar-refractivity contribution is -0.112.